The number of hydrogen-bond donors (Lipinski definition) is 0. The number of esters is 2. The number of carbonyl (C=O) groups is 2. The third kappa shape index (κ3) is 8.07. The van der Waals surface area contributed by atoms with Gasteiger partial charge in [-0.3, -0.25) is 9.59 Å². The van der Waals surface area contributed by atoms with Gasteiger partial charge in [-0.2, -0.15) is 0 Å². The summed E-state index contributed by atoms with van der Waals surface area (Å²) in [6.07, 6.45) is 8.18. The van der Waals surface area contributed by atoms with Crippen LogP contribution in [0.3, 0.4) is 0 Å². The first-order chi connectivity index (χ1) is 15.5. The highest BCUT2D eigenvalue weighted by molar-refractivity contribution is 5.66. The molecule has 0 radical (unpaired) electrons. The first-order valence-corrected chi connectivity index (χ1v) is 10.5. The molecule has 166 valence electrons. The predicted molar refractivity (Wildman–Crippen MR) is 118 cm³/mol. The molecule has 0 spiro atoms. The quantitative estimate of drug-likeness (QED) is 0.412. The summed E-state index contributed by atoms with van der Waals surface area (Å²) in [5.74, 6) is 11.7. The summed E-state index contributed by atoms with van der Waals surface area (Å²) < 4.78 is 21.7. The molecule has 3 rings (SSSR count). The van der Waals surface area contributed by atoms with E-state index < -0.39 is 0 Å². The maximum Gasteiger partial charge on any atom is 0.302 e. The van der Waals surface area contributed by atoms with Crippen LogP contribution >= 0.6 is 0 Å². The van der Waals surface area contributed by atoms with E-state index in [-0.39, 0.29) is 49.6 Å². The van der Waals surface area contributed by atoms with Crippen LogP contribution in [0.1, 0.15) is 37.8 Å². The van der Waals surface area contributed by atoms with E-state index in [4.69, 9.17) is 18.9 Å². The molecule has 0 N–H and O–H groups in total. The summed E-state index contributed by atoms with van der Waals surface area (Å²) in [6, 6.07) is 7.61. The van der Waals surface area contributed by atoms with Crippen molar-refractivity contribution in [2.24, 2.45) is 0 Å². The highest BCUT2D eigenvalue weighted by Crippen LogP contribution is 2.14. The Morgan fingerprint density at radius 3 is 1.59 bits per heavy atom. The molecular weight excluding hydrogens is 408 g/mol. The average Bonchev–Trinajstić information content (AvgIpc) is 2.80. The van der Waals surface area contributed by atoms with E-state index >= 15 is 0 Å². The van der Waals surface area contributed by atoms with E-state index in [1.807, 2.05) is 48.6 Å². The Bertz CT molecular complexity index is 902. The fourth-order valence-electron chi connectivity index (χ4n) is 3.07. The van der Waals surface area contributed by atoms with Gasteiger partial charge in [-0.25, -0.2) is 0 Å². The zero-order valence-corrected chi connectivity index (χ0v) is 18.2. The molecule has 0 saturated heterocycles. The van der Waals surface area contributed by atoms with Gasteiger partial charge in [-0.15, -0.1) is 0 Å². The van der Waals surface area contributed by atoms with E-state index in [9.17, 15) is 9.59 Å². The van der Waals surface area contributed by atoms with Gasteiger partial charge in [0.25, 0.3) is 0 Å². The highest BCUT2D eigenvalue weighted by Gasteiger charge is 2.18. The number of carbonyl (C=O) groups excluding carboxylic acids is 2. The lowest BCUT2D eigenvalue weighted by atomic mass is 10.1. The van der Waals surface area contributed by atoms with Gasteiger partial charge < -0.3 is 18.9 Å². The smallest absolute Gasteiger partial charge is 0.302 e. The lowest BCUT2D eigenvalue weighted by Gasteiger charge is -2.22. The van der Waals surface area contributed by atoms with Crippen molar-refractivity contribution in [3.63, 3.8) is 0 Å². The van der Waals surface area contributed by atoms with E-state index in [2.05, 4.69) is 23.7 Å². The van der Waals surface area contributed by atoms with Crippen molar-refractivity contribution < 1.29 is 28.5 Å². The van der Waals surface area contributed by atoms with Crippen LogP contribution in [-0.4, -0.2) is 49.6 Å². The van der Waals surface area contributed by atoms with Crippen LogP contribution in [0.25, 0.3) is 0 Å². The second-order valence-electron chi connectivity index (χ2n) is 7.41. The Hall–Kier alpha value is -3.32. The van der Waals surface area contributed by atoms with Gasteiger partial charge in [-0.05, 0) is 49.3 Å². The second-order valence-corrected chi connectivity index (χ2v) is 7.41. The van der Waals surface area contributed by atoms with Gasteiger partial charge in [0.1, 0.15) is 25.4 Å². The van der Waals surface area contributed by atoms with Crippen molar-refractivity contribution in [3.05, 3.63) is 59.7 Å². The molecule has 0 aromatic heterocycles. The maximum absolute atomic E-state index is 10.9. The number of rotatable bonds is 4. The first kappa shape index (κ1) is 23.3. The molecule has 6 nitrogen and oxygen atoms in total. The minimum atomic E-state index is -0.334. The third-order valence-corrected chi connectivity index (χ3v) is 4.65. The van der Waals surface area contributed by atoms with E-state index in [1.54, 1.807) is 0 Å². The Balaban J connectivity index is 1.52. The summed E-state index contributed by atoms with van der Waals surface area (Å²) in [6.45, 7) is 3.22. The van der Waals surface area contributed by atoms with Crippen LogP contribution in [0.4, 0.5) is 0 Å². The van der Waals surface area contributed by atoms with Crippen LogP contribution < -0.4 is 0 Å². The van der Waals surface area contributed by atoms with Crippen molar-refractivity contribution in [1.82, 2.24) is 0 Å². The summed E-state index contributed by atoms with van der Waals surface area (Å²) in [5, 5.41) is 0. The van der Waals surface area contributed by atoms with Crippen molar-refractivity contribution >= 4 is 11.9 Å². The standard InChI is InChI=1S/C26H26O6/c1-19(27)29-17-25-7-3-5-23(31-25)15-13-21-9-11-22(12-10-21)14-16-24-6-4-8-26(32-24)18-30-20(2)28/h3-6,9-12,23-26H,7-8,17-18H2,1-2H3/t23-,24?,25+,26?/m0/s1. The fourth-order valence-corrected chi connectivity index (χ4v) is 3.07. The molecule has 0 fully saturated rings. The van der Waals surface area contributed by atoms with Crippen LogP contribution in [-0.2, 0) is 28.5 Å². The summed E-state index contributed by atoms with van der Waals surface area (Å²) in [5.41, 5.74) is 1.70. The third-order valence-electron chi connectivity index (χ3n) is 4.65. The number of ether oxygens (including phenoxy) is 4. The van der Waals surface area contributed by atoms with Crippen molar-refractivity contribution in [3.8, 4) is 23.7 Å². The first-order valence-electron chi connectivity index (χ1n) is 10.5. The minimum absolute atomic E-state index is 0.175. The normalized spacial score (nSPS) is 23.8. The number of benzene rings is 1. The Kier molecular flexibility index (Phi) is 8.69. The van der Waals surface area contributed by atoms with Crippen molar-refractivity contribution in [2.45, 2.75) is 51.1 Å². The van der Waals surface area contributed by atoms with Crippen LogP contribution in [0.5, 0.6) is 0 Å². The molecule has 2 aliphatic rings. The molecule has 4 atom stereocenters. The zero-order chi connectivity index (χ0) is 22.8. The average molecular weight is 434 g/mol. The number of hydrogen-bond acceptors (Lipinski definition) is 6. The fraction of sp³-hybridized carbons (Fsp3) is 0.385. The maximum atomic E-state index is 10.9. The molecule has 32 heavy (non-hydrogen) atoms. The molecule has 2 heterocycles. The summed E-state index contributed by atoms with van der Waals surface area (Å²) in [7, 11) is 0. The molecule has 0 aliphatic carbocycles. The van der Waals surface area contributed by atoms with Gasteiger partial charge in [0.05, 0.1) is 12.2 Å². The van der Waals surface area contributed by atoms with Gasteiger partial charge in [-0.1, -0.05) is 35.8 Å². The molecular formula is C26H26O6. The van der Waals surface area contributed by atoms with E-state index in [0.29, 0.717) is 12.8 Å². The monoisotopic (exact) mass is 434 g/mol. The zero-order valence-electron chi connectivity index (χ0n) is 18.2. The molecule has 0 bridgehead atoms. The molecule has 2 aliphatic heterocycles. The SMILES string of the molecule is CC(=O)OCC1CC=CC(C#Cc2ccc(C#C[C@@H]3C=CC[C@H](COC(C)=O)O3)cc2)O1. The molecule has 0 saturated carbocycles. The Labute approximate surface area is 188 Å². The molecule has 6 heteroatoms. The Morgan fingerprint density at radius 1 is 0.812 bits per heavy atom. The van der Waals surface area contributed by atoms with Crippen molar-refractivity contribution in [1.29, 1.82) is 0 Å². The van der Waals surface area contributed by atoms with E-state index in [0.717, 1.165) is 11.1 Å². The molecule has 0 amide bonds. The minimum Gasteiger partial charge on any atom is -0.463 e. The summed E-state index contributed by atoms with van der Waals surface area (Å²) >= 11 is 0. The van der Waals surface area contributed by atoms with Gasteiger partial charge >= 0.3 is 11.9 Å². The lowest BCUT2D eigenvalue weighted by molar-refractivity contribution is -0.146. The van der Waals surface area contributed by atoms with Gasteiger partial charge in [0, 0.05) is 25.0 Å². The summed E-state index contributed by atoms with van der Waals surface area (Å²) in [4.78, 5) is 21.9. The van der Waals surface area contributed by atoms with Gasteiger partial charge in [0.2, 0.25) is 0 Å². The van der Waals surface area contributed by atoms with Crippen LogP contribution in [0, 0.1) is 23.7 Å². The highest BCUT2D eigenvalue weighted by atomic mass is 16.6. The largest absolute Gasteiger partial charge is 0.463 e. The Morgan fingerprint density at radius 2 is 1.22 bits per heavy atom. The molecule has 1 aromatic rings. The van der Waals surface area contributed by atoms with Crippen molar-refractivity contribution in [2.75, 3.05) is 13.2 Å². The van der Waals surface area contributed by atoms with Crippen LogP contribution in [0.2, 0.25) is 0 Å². The molecule has 2 unspecified atom stereocenters. The molecule has 1 aromatic carbocycles. The predicted octanol–water partition coefficient (Wildman–Crippen LogP) is 2.94. The van der Waals surface area contributed by atoms with Gasteiger partial charge in [0.15, 0.2) is 0 Å². The van der Waals surface area contributed by atoms with E-state index in [1.165, 1.54) is 13.8 Å². The van der Waals surface area contributed by atoms with Crippen LogP contribution in [0.15, 0.2) is 48.6 Å². The lowest BCUT2D eigenvalue weighted by Crippen LogP contribution is -2.28. The second kappa shape index (κ2) is 11.9. The topological polar surface area (TPSA) is 71.1 Å².